The third-order valence-corrected chi connectivity index (χ3v) is 4.84. The minimum atomic E-state index is 0.455. The van der Waals surface area contributed by atoms with Gasteiger partial charge in [-0.25, -0.2) is 0 Å². The number of benzene rings is 1. The Labute approximate surface area is 139 Å². The van der Waals surface area contributed by atoms with Crippen LogP contribution in [0.1, 0.15) is 49.4 Å². The second-order valence-electron chi connectivity index (χ2n) is 6.07. The number of H-pyrrole nitrogens is 2. The smallest absolute Gasteiger partial charge is 0.216 e. The van der Waals surface area contributed by atoms with Crippen LogP contribution in [-0.2, 0) is 0 Å². The highest BCUT2D eigenvalue weighted by atomic mass is 32.1. The van der Waals surface area contributed by atoms with Gasteiger partial charge in [0.15, 0.2) is 5.82 Å². The van der Waals surface area contributed by atoms with Crippen molar-refractivity contribution in [3.05, 3.63) is 46.6 Å². The maximum atomic E-state index is 5.36. The third kappa shape index (κ3) is 2.74. The van der Waals surface area contributed by atoms with E-state index in [2.05, 4.69) is 32.4 Å². The third-order valence-electron chi connectivity index (χ3n) is 4.58. The number of rotatable bonds is 3. The zero-order valence-electron chi connectivity index (χ0n) is 12.8. The molecule has 0 amide bonds. The first-order valence-electron chi connectivity index (χ1n) is 8.11. The van der Waals surface area contributed by atoms with Gasteiger partial charge in [0.1, 0.15) is 0 Å². The average Bonchev–Trinajstić information content (AvgIpc) is 3.17. The molecule has 0 spiro atoms. The van der Waals surface area contributed by atoms with Gasteiger partial charge >= 0.3 is 0 Å². The van der Waals surface area contributed by atoms with Crippen molar-refractivity contribution in [2.24, 2.45) is 5.10 Å². The number of nitrogens with one attached hydrogen (secondary N) is 2. The van der Waals surface area contributed by atoms with Crippen LogP contribution in [0, 0.1) is 4.77 Å². The molecule has 0 saturated heterocycles. The number of hydrogen-bond donors (Lipinski definition) is 2. The first-order chi connectivity index (χ1) is 11.3. The van der Waals surface area contributed by atoms with Crippen LogP contribution in [0.3, 0.4) is 0 Å². The van der Waals surface area contributed by atoms with Gasteiger partial charge in [-0.3, -0.25) is 5.10 Å². The lowest BCUT2D eigenvalue weighted by atomic mass is 9.89. The van der Waals surface area contributed by atoms with Crippen LogP contribution in [-0.4, -0.2) is 26.1 Å². The Bertz CT molecular complexity index is 895. The molecule has 6 heteroatoms. The molecule has 1 saturated carbocycles. The monoisotopic (exact) mass is 325 g/mol. The molecule has 1 aromatic carbocycles. The van der Waals surface area contributed by atoms with E-state index in [1.54, 1.807) is 4.68 Å². The Morgan fingerprint density at radius 1 is 1.22 bits per heavy atom. The highest BCUT2D eigenvalue weighted by Gasteiger charge is 2.21. The van der Waals surface area contributed by atoms with E-state index in [0.717, 1.165) is 22.3 Å². The molecule has 1 fully saturated rings. The molecule has 3 aromatic rings. The average molecular weight is 325 g/mol. The van der Waals surface area contributed by atoms with Crippen molar-refractivity contribution in [3.8, 4) is 0 Å². The highest BCUT2D eigenvalue weighted by Crippen LogP contribution is 2.31. The summed E-state index contributed by atoms with van der Waals surface area (Å²) < 4.78 is 2.34. The second kappa shape index (κ2) is 6.12. The van der Waals surface area contributed by atoms with Gasteiger partial charge in [0.25, 0.3) is 0 Å². The first kappa shape index (κ1) is 14.4. The molecule has 2 N–H and O–H groups in total. The summed E-state index contributed by atoms with van der Waals surface area (Å²) in [7, 11) is 0. The van der Waals surface area contributed by atoms with Gasteiger partial charge in [-0.15, -0.1) is 0 Å². The van der Waals surface area contributed by atoms with Crippen molar-refractivity contribution in [1.82, 2.24) is 19.9 Å². The van der Waals surface area contributed by atoms with E-state index in [4.69, 9.17) is 12.2 Å². The van der Waals surface area contributed by atoms with E-state index in [-0.39, 0.29) is 0 Å². The minimum Gasteiger partial charge on any atom is -0.361 e. The van der Waals surface area contributed by atoms with E-state index >= 15 is 0 Å². The number of aromatic nitrogens is 4. The SMILES string of the molecule is S=c1[nH]nc(C2CCCCC2)n1N=Cc1c[nH]c2ccccc12. The lowest BCUT2D eigenvalue weighted by molar-refractivity contribution is 0.419. The number of aromatic amines is 2. The molecule has 0 bridgehead atoms. The van der Waals surface area contributed by atoms with Crippen LogP contribution in [0.4, 0.5) is 0 Å². The van der Waals surface area contributed by atoms with Gasteiger partial charge in [0, 0.05) is 28.6 Å². The predicted molar refractivity (Wildman–Crippen MR) is 94.5 cm³/mol. The van der Waals surface area contributed by atoms with Crippen molar-refractivity contribution < 1.29 is 0 Å². The Kier molecular flexibility index (Phi) is 3.83. The second-order valence-corrected chi connectivity index (χ2v) is 6.45. The van der Waals surface area contributed by atoms with Gasteiger partial charge in [0.2, 0.25) is 4.77 Å². The fourth-order valence-corrected chi connectivity index (χ4v) is 3.55. The Balaban J connectivity index is 1.68. The largest absolute Gasteiger partial charge is 0.361 e. The van der Waals surface area contributed by atoms with Crippen LogP contribution in [0.2, 0.25) is 0 Å². The summed E-state index contributed by atoms with van der Waals surface area (Å²) in [6.45, 7) is 0. The van der Waals surface area contributed by atoms with Gasteiger partial charge < -0.3 is 4.98 Å². The molecule has 0 atom stereocenters. The molecule has 23 heavy (non-hydrogen) atoms. The van der Waals surface area contributed by atoms with Crippen molar-refractivity contribution in [2.45, 2.75) is 38.0 Å². The Hall–Kier alpha value is -2.21. The maximum Gasteiger partial charge on any atom is 0.216 e. The molecule has 5 nitrogen and oxygen atoms in total. The lowest BCUT2D eigenvalue weighted by Gasteiger charge is -2.19. The van der Waals surface area contributed by atoms with Crippen LogP contribution in [0.5, 0.6) is 0 Å². The molecule has 4 rings (SSSR count). The maximum absolute atomic E-state index is 5.36. The standard InChI is InChI=1S/C17H19N5S/c23-17-21-20-16(12-6-2-1-3-7-12)22(17)19-11-13-10-18-15-9-5-4-8-14(13)15/h4-5,8-12,18H,1-3,6-7H2,(H,21,23). The lowest BCUT2D eigenvalue weighted by Crippen LogP contribution is -2.10. The van der Waals surface area contributed by atoms with Gasteiger partial charge in [-0.2, -0.15) is 14.9 Å². The minimum absolute atomic E-state index is 0.455. The number of para-hydroxylation sites is 1. The van der Waals surface area contributed by atoms with E-state index in [9.17, 15) is 0 Å². The number of nitrogens with zero attached hydrogens (tertiary/aromatic N) is 3. The van der Waals surface area contributed by atoms with Gasteiger partial charge in [0.05, 0.1) is 6.21 Å². The summed E-state index contributed by atoms with van der Waals surface area (Å²) in [5.74, 6) is 1.42. The van der Waals surface area contributed by atoms with Gasteiger partial charge in [-0.05, 0) is 31.1 Å². The molecule has 0 radical (unpaired) electrons. The topological polar surface area (TPSA) is 61.8 Å². The van der Waals surface area contributed by atoms with Crippen LogP contribution in [0.15, 0.2) is 35.6 Å². The molecule has 1 aliphatic rings. The molecule has 2 aromatic heterocycles. The summed E-state index contributed by atoms with van der Waals surface area (Å²) >= 11 is 5.36. The molecule has 0 aliphatic heterocycles. The molecule has 0 unspecified atom stereocenters. The highest BCUT2D eigenvalue weighted by molar-refractivity contribution is 7.71. The zero-order valence-corrected chi connectivity index (χ0v) is 13.6. The van der Waals surface area contributed by atoms with Crippen LogP contribution < -0.4 is 0 Å². The molecule has 1 aliphatic carbocycles. The van der Waals surface area contributed by atoms with E-state index in [1.807, 2.05) is 24.5 Å². The fourth-order valence-electron chi connectivity index (χ4n) is 3.36. The van der Waals surface area contributed by atoms with Crippen molar-refractivity contribution in [3.63, 3.8) is 0 Å². The Morgan fingerprint density at radius 2 is 2.04 bits per heavy atom. The van der Waals surface area contributed by atoms with Crippen molar-refractivity contribution in [1.29, 1.82) is 0 Å². The number of hydrogen-bond acceptors (Lipinski definition) is 3. The summed E-state index contributed by atoms with van der Waals surface area (Å²) in [6.07, 6.45) is 10.0. The normalized spacial score (nSPS) is 16.5. The first-order valence-corrected chi connectivity index (χ1v) is 8.51. The summed E-state index contributed by atoms with van der Waals surface area (Å²) in [4.78, 5) is 3.26. The zero-order chi connectivity index (χ0) is 15.6. The van der Waals surface area contributed by atoms with E-state index in [0.29, 0.717) is 10.7 Å². The van der Waals surface area contributed by atoms with Gasteiger partial charge in [-0.1, -0.05) is 37.5 Å². The fraction of sp³-hybridized carbons (Fsp3) is 0.353. The van der Waals surface area contributed by atoms with Crippen molar-refractivity contribution >= 4 is 29.3 Å². The van der Waals surface area contributed by atoms with Crippen molar-refractivity contribution in [2.75, 3.05) is 0 Å². The molecule has 2 heterocycles. The van der Waals surface area contributed by atoms with E-state index in [1.165, 1.54) is 32.1 Å². The molecular formula is C17H19N5S. The van der Waals surface area contributed by atoms with Crippen LogP contribution in [0.25, 0.3) is 10.9 Å². The predicted octanol–water partition coefficient (Wildman–Crippen LogP) is 4.35. The van der Waals surface area contributed by atoms with Crippen LogP contribution >= 0.6 is 12.2 Å². The summed E-state index contributed by atoms with van der Waals surface area (Å²) in [5, 5.41) is 13.1. The summed E-state index contributed by atoms with van der Waals surface area (Å²) in [6, 6.07) is 8.20. The quantitative estimate of drug-likeness (QED) is 0.555. The summed E-state index contributed by atoms with van der Waals surface area (Å²) in [5.41, 5.74) is 2.16. The molecule has 118 valence electrons. The molecular weight excluding hydrogens is 306 g/mol. The number of fused-ring (bicyclic) bond motifs is 1. The Morgan fingerprint density at radius 3 is 2.91 bits per heavy atom. The van der Waals surface area contributed by atoms with E-state index < -0.39 is 0 Å².